The molecule has 1 heterocycles. The molecule has 0 spiro atoms. The van der Waals surface area contributed by atoms with E-state index in [9.17, 15) is 5.11 Å². The van der Waals surface area contributed by atoms with Gasteiger partial charge in [-0.3, -0.25) is 4.90 Å². The van der Waals surface area contributed by atoms with Crippen molar-refractivity contribution in [1.82, 2.24) is 10.2 Å². The summed E-state index contributed by atoms with van der Waals surface area (Å²) >= 11 is 5.99. The van der Waals surface area contributed by atoms with Crippen LogP contribution in [0, 0.1) is 0 Å². The van der Waals surface area contributed by atoms with Gasteiger partial charge in [0.25, 0.3) is 0 Å². The van der Waals surface area contributed by atoms with Gasteiger partial charge in [-0.2, -0.15) is 0 Å². The smallest absolute Gasteiger partial charge is 0.118 e. The summed E-state index contributed by atoms with van der Waals surface area (Å²) in [7, 11) is 0. The van der Waals surface area contributed by atoms with E-state index in [1.54, 1.807) is 12.1 Å². The lowest BCUT2D eigenvalue weighted by molar-refractivity contribution is 0.167. The van der Waals surface area contributed by atoms with E-state index in [0.29, 0.717) is 16.8 Å². The number of hydrogen-bond donors (Lipinski definition) is 2. The highest BCUT2D eigenvalue weighted by atomic mass is 35.5. The molecule has 4 heteroatoms. The summed E-state index contributed by atoms with van der Waals surface area (Å²) in [6, 6.07) is 5.77. The predicted octanol–water partition coefficient (Wildman–Crippen LogP) is 2.27. The van der Waals surface area contributed by atoms with Crippen LogP contribution in [0.1, 0.15) is 18.9 Å². The lowest BCUT2D eigenvalue weighted by atomic mass is 10.0. The lowest BCUT2D eigenvalue weighted by Crippen LogP contribution is -2.48. The van der Waals surface area contributed by atoms with E-state index in [0.717, 1.165) is 44.6 Å². The fraction of sp³-hybridized carbons (Fsp3) is 0.571. The van der Waals surface area contributed by atoms with Crippen molar-refractivity contribution in [3.05, 3.63) is 28.8 Å². The van der Waals surface area contributed by atoms with E-state index in [4.69, 9.17) is 11.6 Å². The van der Waals surface area contributed by atoms with Gasteiger partial charge in [0.15, 0.2) is 0 Å². The van der Waals surface area contributed by atoms with Crippen LogP contribution in [0.25, 0.3) is 0 Å². The Morgan fingerprint density at radius 1 is 1.39 bits per heavy atom. The van der Waals surface area contributed by atoms with Crippen molar-refractivity contribution in [3.8, 4) is 5.75 Å². The summed E-state index contributed by atoms with van der Waals surface area (Å²) < 4.78 is 0. The summed E-state index contributed by atoms with van der Waals surface area (Å²) in [4.78, 5) is 2.50. The van der Waals surface area contributed by atoms with Crippen molar-refractivity contribution in [1.29, 1.82) is 0 Å². The van der Waals surface area contributed by atoms with Crippen molar-refractivity contribution < 1.29 is 5.11 Å². The molecule has 1 saturated heterocycles. The molecule has 18 heavy (non-hydrogen) atoms. The van der Waals surface area contributed by atoms with Gasteiger partial charge < -0.3 is 10.4 Å². The van der Waals surface area contributed by atoms with E-state index >= 15 is 0 Å². The molecule has 1 aromatic rings. The molecule has 1 atom stereocenters. The second-order valence-electron chi connectivity index (χ2n) is 4.83. The zero-order chi connectivity index (χ0) is 13.0. The van der Waals surface area contributed by atoms with Gasteiger partial charge in [-0.25, -0.2) is 0 Å². The Balaban J connectivity index is 2.06. The highest BCUT2D eigenvalue weighted by Crippen LogP contribution is 2.24. The summed E-state index contributed by atoms with van der Waals surface area (Å²) in [5.74, 6) is 0.355. The first-order valence-electron chi connectivity index (χ1n) is 6.63. The normalized spacial score (nSPS) is 18.8. The number of aromatic hydroxyl groups is 1. The number of rotatable bonds is 4. The lowest BCUT2D eigenvalue weighted by Gasteiger charge is -2.34. The molecular formula is C14H21ClN2O. The molecule has 1 aliphatic rings. The molecule has 1 aliphatic heterocycles. The maximum Gasteiger partial charge on any atom is 0.118 e. The molecule has 0 bridgehead atoms. The highest BCUT2D eigenvalue weighted by Gasteiger charge is 2.20. The average Bonchev–Trinajstić information content (AvgIpc) is 2.41. The number of nitrogens with one attached hydrogen (secondary N) is 1. The second kappa shape index (κ2) is 6.41. The first-order chi connectivity index (χ1) is 8.70. The molecule has 1 aromatic carbocycles. The molecule has 2 N–H and O–H groups in total. The van der Waals surface area contributed by atoms with Crippen LogP contribution in [-0.2, 0) is 6.42 Å². The molecule has 1 unspecified atom stereocenters. The molecule has 0 radical (unpaired) electrons. The monoisotopic (exact) mass is 268 g/mol. The molecule has 0 aromatic heterocycles. The minimum Gasteiger partial charge on any atom is -0.508 e. The molecule has 3 nitrogen and oxygen atoms in total. The number of phenolic OH excluding ortho intramolecular Hbond substituents is 1. The highest BCUT2D eigenvalue weighted by molar-refractivity contribution is 6.30. The topological polar surface area (TPSA) is 35.5 Å². The van der Waals surface area contributed by atoms with E-state index in [2.05, 4.69) is 17.1 Å². The van der Waals surface area contributed by atoms with Crippen LogP contribution in [0.3, 0.4) is 0 Å². The molecular weight excluding hydrogens is 248 g/mol. The minimum absolute atomic E-state index is 0.355. The van der Waals surface area contributed by atoms with Gasteiger partial charge in [-0.1, -0.05) is 18.5 Å². The van der Waals surface area contributed by atoms with Crippen molar-refractivity contribution in [2.24, 2.45) is 0 Å². The quantitative estimate of drug-likeness (QED) is 0.879. The van der Waals surface area contributed by atoms with Crippen molar-refractivity contribution in [2.75, 3.05) is 26.2 Å². The van der Waals surface area contributed by atoms with E-state index in [1.165, 1.54) is 0 Å². The zero-order valence-electron chi connectivity index (χ0n) is 10.8. The largest absolute Gasteiger partial charge is 0.508 e. The SMILES string of the molecule is CCC(Cc1cc(Cl)ccc1O)N1CCNCC1. The first kappa shape index (κ1) is 13.7. The number of nitrogens with zero attached hydrogens (tertiary/aromatic N) is 1. The Morgan fingerprint density at radius 2 is 2.11 bits per heavy atom. The van der Waals surface area contributed by atoms with Gasteiger partial charge in [0.1, 0.15) is 5.75 Å². The predicted molar refractivity (Wildman–Crippen MR) is 75.3 cm³/mol. The number of piperazine rings is 1. The Kier molecular flexibility index (Phi) is 4.87. The fourth-order valence-corrected chi connectivity index (χ4v) is 2.75. The molecule has 1 fully saturated rings. The van der Waals surface area contributed by atoms with Gasteiger partial charge in [-0.05, 0) is 36.6 Å². The van der Waals surface area contributed by atoms with Gasteiger partial charge in [0, 0.05) is 37.2 Å². The fourth-order valence-electron chi connectivity index (χ4n) is 2.55. The van der Waals surface area contributed by atoms with Gasteiger partial charge >= 0.3 is 0 Å². The maximum atomic E-state index is 9.89. The van der Waals surface area contributed by atoms with E-state index < -0.39 is 0 Å². The Hall–Kier alpha value is -0.770. The molecule has 0 aliphatic carbocycles. The Labute approximate surface area is 114 Å². The zero-order valence-corrected chi connectivity index (χ0v) is 11.6. The minimum atomic E-state index is 0.355. The summed E-state index contributed by atoms with van der Waals surface area (Å²) in [6.45, 7) is 6.48. The van der Waals surface area contributed by atoms with Gasteiger partial charge in [0.05, 0.1) is 0 Å². The van der Waals surface area contributed by atoms with E-state index in [-0.39, 0.29) is 0 Å². The molecule has 0 amide bonds. The number of benzene rings is 1. The average molecular weight is 269 g/mol. The van der Waals surface area contributed by atoms with Crippen LogP contribution in [0.2, 0.25) is 5.02 Å². The van der Waals surface area contributed by atoms with Crippen LogP contribution in [-0.4, -0.2) is 42.2 Å². The molecule has 100 valence electrons. The van der Waals surface area contributed by atoms with Crippen LogP contribution in [0.4, 0.5) is 0 Å². The maximum absolute atomic E-state index is 9.89. The molecule has 2 rings (SSSR count). The standard InChI is InChI=1S/C14H21ClN2O/c1-2-13(17-7-5-16-6-8-17)10-11-9-12(15)3-4-14(11)18/h3-4,9,13,16,18H,2,5-8,10H2,1H3. The third-order valence-electron chi connectivity index (χ3n) is 3.64. The second-order valence-corrected chi connectivity index (χ2v) is 5.26. The van der Waals surface area contributed by atoms with Crippen molar-refractivity contribution in [2.45, 2.75) is 25.8 Å². The van der Waals surface area contributed by atoms with Crippen molar-refractivity contribution in [3.63, 3.8) is 0 Å². The number of halogens is 1. The van der Waals surface area contributed by atoms with Gasteiger partial charge in [0.2, 0.25) is 0 Å². The first-order valence-corrected chi connectivity index (χ1v) is 7.00. The number of hydrogen-bond acceptors (Lipinski definition) is 3. The van der Waals surface area contributed by atoms with E-state index in [1.807, 2.05) is 6.07 Å². The van der Waals surface area contributed by atoms with Crippen molar-refractivity contribution >= 4 is 11.6 Å². The van der Waals surface area contributed by atoms with Gasteiger partial charge in [-0.15, -0.1) is 0 Å². The number of phenols is 1. The molecule has 0 saturated carbocycles. The third-order valence-corrected chi connectivity index (χ3v) is 3.87. The van der Waals surface area contributed by atoms with Crippen LogP contribution >= 0.6 is 11.6 Å². The summed E-state index contributed by atoms with van der Waals surface area (Å²) in [6.07, 6.45) is 1.95. The Morgan fingerprint density at radius 3 is 2.78 bits per heavy atom. The third kappa shape index (κ3) is 3.37. The van der Waals surface area contributed by atoms with Crippen LogP contribution < -0.4 is 5.32 Å². The van der Waals surface area contributed by atoms with Crippen LogP contribution in [0.5, 0.6) is 5.75 Å². The summed E-state index contributed by atoms with van der Waals surface area (Å²) in [5, 5.41) is 13.9. The Bertz CT molecular complexity index is 391. The van der Waals surface area contributed by atoms with Crippen LogP contribution in [0.15, 0.2) is 18.2 Å². The summed E-state index contributed by atoms with van der Waals surface area (Å²) in [5.41, 5.74) is 0.952.